The average molecular weight is 295 g/mol. The zero-order chi connectivity index (χ0) is 14.8. The topological polar surface area (TPSA) is 131 Å². The van der Waals surface area contributed by atoms with Crippen LogP contribution in [0, 0.1) is 0 Å². The van der Waals surface area contributed by atoms with E-state index in [0.29, 0.717) is 17.9 Å². The van der Waals surface area contributed by atoms with Crippen LogP contribution >= 0.6 is 0 Å². The molecule has 1 aromatic heterocycles. The Morgan fingerprint density at radius 2 is 2.00 bits per heavy atom. The first-order chi connectivity index (χ1) is 9.40. The molecule has 0 aliphatic carbocycles. The van der Waals surface area contributed by atoms with Gasteiger partial charge in [-0.3, -0.25) is 9.89 Å². The summed E-state index contributed by atoms with van der Waals surface area (Å²) in [4.78, 5) is 15.8. The third kappa shape index (κ3) is 3.19. The Bertz CT molecular complexity index is 721. The van der Waals surface area contributed by atoms with Crippen molar-refractivity contribution in [2.75, 3.05) is 5.32 Å². The summed E-state index contributed by atoms with van der Waals surface area (Å²) >= 11 is 0. The zero-order valence-electron chi connectivity index (χ0n) is 10.6. The molecule has 0 bridgehead atoms. The van der Waals surface area contributed by atoms with Crippen LogP contribution in [0.5, 0.6) is 0 Å². The second-order valence-electron chi connectivity index (χ2n) is 3.98. The first-order valence-corrected chi connectivity index (χ1v) is 7.30. The lowest BCUT2D eigenvalue weighted by molar-refractivity contribution is 0.101. The summed E-state index contributed by atoms with van der Waals surface area (Å²) in [7, 11) is -3.74. The molecule has 106 valence electrons. The Morgan fingerprint density at radius 3 is 2.50 bits per heavy atom. The summed E-state index contributed by atoms with van der Waals surface area (Å²) in [5.74, 6) is 0.154. The van der Waals surface area contributed by atoms with Crippen LogP contribution in [0.1, 0.15) is 23.4 Å². The summed E-state index contributed by atoms with van der Waals surface area (Å²) in [5, 5.41) is 13.9. The highest BCUT2D eigenvalue weighted by Gasteiger charge is 2.13. The summed E-state index contributed by atoms with van der Waals surface area (Å²) in [6.45, 7) is 1.88. The van der Waals surface area contributed by atoms with Gasteiger partial charge in [-0.25, -0.2) is 18.5 Å². The second kappa shape index (κ2) is 5.39. The number of hydrogen-bond acceptors (Lipinski definition) is 5. The van der Waals surface area contributed by atoms with E-state index in [0.717, 1.165) is 0 Å². The summed E-state index contributed by atoms with van der Waals surface area (Å²) in [6, 6.07) is 5.48. The Balaban J connectivity index is 2.12. The van der Waals surface area contributed by atoms with Gasteiger partial charge < -0.3 is 5.32 Å². The van der Waals surface area contributed by atoms with Gasteiger partial charge in [0.15, 0.2) is 0 Å². The Hall–Kier alpha value is -2.26. The largest absolute Gasteiger partial charge is 0.319 e. The number of nitrogens with two attached hydrogens (primary N) is 1. The molecule has 8 nitrogen and oxygen atoms in total. The van der Waals surface area contributed by atoms with Gasteiger partial charge in [-0.2, -0.15) is 0 Å². The molecule has 1 heterocycles. The van der Waals surface area contributed by atoms with Crippen molar-refractivity contribution in [3.8, 4) is 0 Å². The van der Waals surface area contributed by atoms with Gasteiger partial charge in [0.05, 0.1) is 4.90 Å². The molecule has 0 radical (unpaired) electrons. The van der Waals surface area contributed by atoms with Gasteiger partial charge in [-0.15, -0.1) is 5.10 Å². The fourth-order valence-corrected chi connectivity index (χ4v) is 1.99. The molecule has 0 unspecified atom stereocenters. The van der Waals surface area contributed by atoms with Gasteiger partial charge in [0.1, 0.15) is 5.82 Å². The van der Waals surface area contributed by atoms with E-state index in [2.05, 4.69) is 20.5 Å². The maximum atomic E-state index is 11.8. The molecule has 0 spiro atoms. The average Bonchev–Trinajstić information content (AvgIpc) is 2.87. The number of nitrogens with one attached hydrogen (secondary N) is 2. The quantitative estimate of drug-likeness (QED) is 0.745. The third-order valence-corrected chi connectivity index (χ3v) is 3.44. The van der Waals surface area contributed by atoms with Crippen LogP contribution in [-0.2, 0) is 16.4 Å². The number of hydrogen-bond donors (Lipinski definition) is 3. The molecule has 0 saturated carbocycles. The maximum Gasteiger partial charge on any atom is 0.295 e. The second-order valence-corrected chi connectivity index (χ2v) is 5.54. The molecular formula is C11H13N5O3S. The number of anilines is 1. The molecule has 0 fully saturated rings. The van der Waals surface area contributed by atoms with Gasteiger partial charge in [0.2, 0.25) is 15.8 Å². The van der Waals surface area contributed by atoms with Crippen molar-refractivity contribution in [2.24, 2.45) is 5.14 Å². The summed E-state index contributed by atoms with van der Waals surface area (Å²) in [6.07, 6.45) is 0.642. The lowest BCUT2D eigenvalue weighted by atomic mass is 10.3. The predicted octanol–water partition coefficient (Wildman–Crippen LogP) is 0.267. The van der Waals surface area contributed by atoms with Gasteiger partial charge in [0.25, 0.3) is 5.91 Å². The molecule has 0 aliphatic rings. The van der Waals surface area contributed by atoms with Crippen LogP contribution < -0.4 is 10.5 Å². The summed E-state index contributed by atoms with van der Waals surface area (Å²) in [5.41, 5.74) is 0.422. The van der Waals surface area contributed by atoms with Crippen LogP contribution in [0.4, 0.5) is 5.69 Å². The lowest BCUT2D eigenvalue weighted by Gasteiger charge is -2.03. The van der Waals surface area contributed by atoms with Crippen molar-refractivity contribution in [1.82, 2.24) is 15.2 Å². The highest BCUT2D eigenvalue weighted by atomic mass is 32.2. The van der Waals surface area contributed by atoms with Gasteiger partial charge >= 0.3 is 0 Å². The van der Waals surface area contributed by atoms with E-state index in [-0.39, 0.29) is 10.7 Å². The van der Waals surface area contributed by atoms with Crippen LogP contribution in [0.2, 0.25) is 0 Å². The van der Waals surface area contributed by atoms with Crippen LogP contribution in [0.25, 0.3) is 0 Å². The molecule has 1 amide bonds. The number of carbonyl (C=O) groups excluding carboxylic acids is 1. The fraction of sp³-hybridized carbons (Fsp3) is 0.182. The van der Waals surface area contributed by atoms with Crippen molar-refractivity contribution in [3.63, 3.8) is 0 Å². The molecule has 2 rings (SSSR count). The van der Waals surface area contributed by atoms with Crippen molar-refractivity contribution < 1.29 is 13.2 Å². The Kier molecular flexibility index (Phi) is 3.81. The Labute approximate surface area is 115 Å². The van der Waals surface area contributed by atoms with E-state index in [9.17, 15) is 13.2 Å². The molecule has 0 saturated heterocycles. The summed E-state index contributed by atoms with van der Waals surface area (Å²) < 4.78 is 22.2. The minimum atomic E-state index is -3.74. The highest BCUT2D eigenvalue weighted by molar-refractivity contribution is 7.89. The van der Waals surface area contributed by atoms with E-state index in [4.69, 9.17) is 5.14 Å². The number of nitrogens with zero attached hydrogens (tertiary/aromatic N) is 2. The number of aromatic amines is 1. The monoisotopic (exact) mass is 295 g/mol. The SMILES string of the molecule is CCc1nc(C(=O)Nc2ccc(S(N)(=O)=O)cc2)n[nH]1. The number of carbonyl (C=O) groups is 1. The van der Waals surface area contributed by atoms with Crippen molar-refractivity contribution in [1.29, 1.82) is 0 Å². The van der Waals surface area contributed by atoms with E-state index < -0.39 is 15.9 Å². The number of sulfonamides is 1. The first kappa shape index (κ1) is 14.2. The molecule has 20 heavy (non-hydrogen) atoms. The van der Waals surface area contributed by atoms with Gasteiger partial charge in [-0.05, 0) is 24.3 Å². The lowest BCUT2D eigenvalue weighted by Crippen LogP contribution is -2.15. The Morgan fingerprint density at radius 1 is 1.35 bits per heavy atom. The standard InChI is InChI=1S/C11H13N5O3S/c1-2-9-14-10(16-15-9)11(17)13-7-3-5-8(6-4-7)20(12,18)19/h3-6H,2H2,1H3,(H,13,17)(H2,12,18,19)(H,14,15,16). The van der Waals surface area contributed by atoms with Crippen LogP contribution in [0.3, 0.4) is 0 Å². The molecule has 2 aromatic rings. The normalized spacial score (nSPS) is 11.3. The van der Waals surface area contributed by atoms with Crippen molar-refractivity contribution in [2.45, 2.75) is 18.2 Å². The van der Waals surface area contributed by atoms with Gasteiger partial charge in [0, 0.05) is 12.1 Å². The van der Waals surface area contributed by atoms with Crippen LogP contribution in [0.15, 0.2) is 29.2 Å². The maximum absolute atomic E-state index is 11.8. The van der Waals surface area contributed by atoms with E-state index in [1.807, 2.05) is 6.92 Å². The number of amides is 1. The molecule has 4 N–H and O–H groups in total. The zero-order valence-corrected chi connectivity index (χ0v) is 11.4. The van der Waals surface area contributed by atoms with E-state index in [1.165, 1.54) is 24.3 Å². The fourth-order valence-electron chi connectivity index (χ4n) is 1.47. The third-order valence-electron chi connectivity index (χ3n) is 2.51. The number of H-pyrrole nitrogens is 1. The predicted molar refractivity (Wildman–Crippen MR) is 71.5 cm³/mol. The van der Waals surface area contributed by atoms with Gasteiger partial charge in [-0.1, -0.05) is 6.92 Å². The minimum absolute atomic E-state index is 0.0253. The number of benzene rings is 1. The van der Waals surface area contributed by atoms with E-state index >= 15 is 0 Å². The number of rotatable bonds is 4. The van der Waals surface area contributed by atoms with Crippen LogP contribution in [-0.4, -0.2) is 29.5 Å². The first-order valence-electron chi connectivity index (χ1n) is 5.75. The molecular weight excluding hydrogens is 282 g/mol. The molecule has 0 aliphatic heterocycles. The van der Waals surface area contributed by atoms with Crippen molar-refractivity contribution in [3.05, 3.63) is 35.9 Å². The van der Waals surface area contributed by atoms with Crippen molar-refractivity contribution >= 4 is 21.6 Å². The highest BCUT2D eigenvalue weighted by Crippen LogP contribution is 2.13. The van der Waals surface area contributed by atoms with E-state index in [1.54, 1.807) is 0 Å². The molecule has 1 aromatic carbocycles. The smallest absolute Gasteiger partial charge is 0.295 e. The molecule has 0 atom stereocenters. The number of aryl methyl sites for hydroxylation is 1. The number of primary sulfonamides is 1. The minimum Gasteiger partial charge on any atom is -0.319 e. The number of aromatic nitrogens is 3. The molecule has 9 heteroatoms.